The lowest BCUT2D eigenvalue weighted by atomic mass is 10.1. The molecule has 0 amide bonds. The van der Waals surface area contributed by atoms with Crippen LogP contribution in [0.5, 0.6) is 0 Å². The lowest BCUT2D eigenvalue weighted by Gasteiger charge is -2.13. The van der Waals surface area contributed by atoms with Gasteiger partial charge in [-0.05, 0) is 25.7 Å². The Bertz CT molecular complexity index is 205. The Morgan fingerprint density at radius 3 is 2.35 bits per heavy atom. The van der Waals surface area contributed by atoms with Crippen molar-refractivity contribution in [2.75, 3.05) is 13.2 Å². The quantitative estimate of drug-likeness (QED) is 0.319. The lowest BCUT2D eigenvalue weighted by Crippen LogP contribution is -2.25. The highest BCUT2D eigenvalue weighted by Crippen LogP contribution is 2.27. The molecule has 0 heterocycles. The van der Waals surface area contributed by atoms with Gasteiger partial charge in [-0.15, -0.1) is 0 Å². The van der Waals surface area contributed by atoms with E-state index in [2.05, 4.69) is 0 Å². The number of alkyl halides is 4. The van der Waals surface area contributed by atoms with Gasteiger partial charge < -0.3 is 4.74 Å². The molecule has 102 valence electrons. The van der Waals surface area contributed by atoms with Crippen LogP contribution < -0.4 is 0 Å². The Labute approximate surface area is 99.8 Å². The highest BCUT2D eigenvalue weighted by Gasteiger charge is 2.39. The predicted octanol–water partition coefficient (Wildman–Crippen LogP) is 4.43. The van der Waals surface area contributed by atoms with Crippen molar-refractivity contribution in [1.29, 1.82) is 0 Å². The summed E-state index contributed by atoms with van der Waals surface area (Å²) in [5, 5.41) is 0. The number of ether oxygens (including phenoxy) is 1. The molecule has 0 rings (SSSR count). The lowest BCUT2D eigenvalue weighted by molar-refractivity contribution is -0.132. The Morgan fingerprint density at radius 2 is 1.76 bits per heavy atom. The van der Waals surface area contributed by atoms with Crippen LogP contribution in [0, 0.1) is 0 Å². The molecule has 0 aromatic heterocycles. The average Bonchev–Trinajstić information content (AvgIpc) is 2.26. The van der Waals surface area contributed by atoms with Crippen LogP contribution in [-0.4, -0.2) is 25.6 Å². The molecule has 0 N–H and O–H groups in total. The minimum absolute atomic E-state index is 0.0207. The normalized spacial score (nSPS) is 12.8. The fourth-order valence-corrected chi connectivity index (χ4v) is 1.17. The summed E-state index contributed by atoms with van der Waals surface area (Å²) >= 11 is 0. The van der Waals surface area contributed by atoms with Crippen molar-refractivity contribution in [2.24, 2.45) is 0 Å². The van der Waals surface area contributed by atoms with Crippen LogP contribution in [0.4, 0.5) is 17.6 Å². The number of hydrogen-bond donors (Lipinski definition) is 0. The monoisotopic (exact) mass is 256 g/mol. The molecule has 0 aliphatic heterocycles. The zero-order valence-electron chi connectivity index (χ0n) is 10.1. The molecule has 0 saturated heterocycles. The third-order valence-corrected chi connectivity index (χ3v) is 2.14. The van der Waals surface area contributed by atoms with E-state index in [0.717, 1.165) is 25.9 Å². The first kappa shape index (κ1) is 16.4. The van der Waals surface area contributed by atoms with E-state index in [1.165, 1.54) is 6.08 Å². The summed E-state index contributed by atoms with van der Waals surface area (Å²) in [6.07, 6.45) is 1.39. The van der Waals surface area contributed by atoms with Crippen molar-refractivity contribution in [3.8, 4) is 0 Å². The predicted molar refractivity (Wildman–Crippen MR) is 59.7 cm³/mol. The molecular formula is C12H20F4O. The zero-order chi connectivity index (χ0) is 13.1. The summed E-state index contributed by atoms with van der Waals surface area (Å²) in [4.78, 5) is 0. The van der Waals surface area contributed by atoms with Gasteiger partial charge in [0, 0.05) is 19.6 Å². The first-order chi connectivity index (χ1) is 8.00. The van der Waals surface area contributed by atoms with Crippen molar-refractivity contribution < 1.29 is 22.3 Å². The average molecular weight is 256 g/mol. The van der Waals surface area contributed by atoms with Crippen LogP contribution >= 0.6 is 0 Å². The molecule has 0 saturated carbocycles. The molecule has 0 aliphatic carbocycles. The van der Waals surface area contributed by atoms with Gasteiger partial charge >= 0.3 is 12.3 Å². The van der Waals surface area contributed by atoms with Gasteiger partial charge in [0.15, 0.2) is 0 Å². The molecule has 0 bridgehead atoms. The van der Waals surface area contributed by atoms with Crippen LogP contribution in [0.25, 0.3) is 0 Å². The summed E-state index contributed by atoms with van der Waals surface area (Å²) in [6.45, 7) is 3.39. The second kappa shape index (κ2) is 9.45. The third kappa shape index (κ3) is 9.15. The summed E-state index contributed by atoms with van der Waals surface area (Å²) in [5.74, 6) is -3.87. The van der Waals surface area contributed by atoms with Gasteiger partial charge in [0.05, 0.1) is 0 Å². The van der Waals surface area contributed by atoms with Gasteiger partial charge in [0.25, 0.3) is 0 Å². The number of allylic oxidation sites excluding steroid dienone is 2. The van der Waals surface area contributed by atoms with Crippen LogP contribution in [-0.2, 0) is 4.74 Å². The van der Waals surface area contributed by atoms with E-state index in [-0.39, 0.29) is 6.42 Å². The van der Waals surface area contributed by atoms with Crippen LogP contribution in [0.3, 0.4) is 0 Å². The zero-order valence-corrected chi connectivity index (χ0v) is 10.1. The van der Waals surface area contributed by atoms with Crippen molar-refractivity contribution in [2.45, 2.75) is 51.4 Å². The van der Waals surface area contributed by atoms with Gasteiger partial charge in [0.1, 0.15) is 0 Å². The molecule has 0 atom stereocenters. The minimum Gasteiger partial charge on any atom is -0.381 e. The second-order valence-corrected chi connectivity index (χ2v) is 3.83. The number of rotatable bonds is 10. The van der Waals surface area contributed by atoms with Gasteiger partial charge in [-0.3, -0.25) is 0 Å². The van der Waals surface area contributed by atoms with Gasteiger partial charge in [-0.2, -0.15) is 0 Å². The Morgan fingerprint density at radius 1 is 1.12 bits per heavy atom. The molecule has 5 heteroatoms. The SMILES string of the molecule is CCCOCCC/C=C/CCC(F)(F)C(F)F. The summed E-state index contributed by atoms with van der Waals surface area (Å²) in [7, 11) is 0. The number of halogens is 4. The fraction of sp³-hybridized carbons (Fsp3) is 0.833. The highest BCUT2D eigenvalue weighted by molar-refractivity contribution is 4.84. The molecule has 0 aromatic rings. The minimum atomic E-state index is -3.87. The Balaban J connectivity index is 3.43. The maximum absolute atomic E-state index is 12.5. The molecule has 0 fully saturated rings. The molecular weight excluding hydrogens is 236 g/mol. The first-order valence-corrected chi connectivity index (χ1v) is 5.89. The van der Waals surface area contributed by atoms with Crippen molar-refractivity contribution in [1.82, 2.24) is 0 Å². The van der Waals surface area contributed by atoms with Crippen molar-refractivity contribution in [3.05, 3.63) is 12.2 Å². The number of unbranched alkanes of at least 4 members (excludes halogenated alkanes) is 1. The molecule has 0 unspecified atom stereocenters. The Kier molecular flexibility index (Phi) is 9.13. The second-order valence-electron chi connectivity index (χ2n) is 3.83. The van der Waals surface area contributed by atoms with E-state index in [4.69, 9.17) is 4.74 Å². The maximum Gasteiger partial charge on any atom is 0.307 e. The highest BCUT2D eigenvalue weighted by atomic mass is 19.3. The van der Waals surface area contributed by atoms with Gasteiger partial charge in [-0.25, -0.2) is 17.6 Å². The van der Waals surface area contributed by atoms with Crippen molar-refractivity contribution >= 4 is 0 Å². The smallest absolute Gasteiger partial charge is 0.307 e. The van der Waals surface area contributed by atoms with Gasteiger partial charge in [-0.1, -0.05) is 19.1 Å². The van der Waals surface area contributed by atoms with E-state index in [1.807, 2.05) is 6.92 Å². The first-order valence-electron chi connectivity index (χ1n) is 5.89. The summed E-state index contributed by atoms with van der Waals surface area (Å²) in [5.41, 5.74) is 0. The largest absolute Gasteiger partial charge is 0.381 e. The third-order valence-electron chi connectivity index (χ3n) is 2.14. The molecule has 0 spiro atoms. The summed E-state index contributed by atoms with van der Waals surface area (Å²) in [6, 6.07) is 0. The van der Waals surface area contributed by atoms with Crippen molar-refractivity contribution in [3.63, 3.8) is 0 Å². The molecule has 0 aliphatic rings. The van der Waals surface area contributed by atoms with E-state index in [1.54, 1.807) is 6.08 Å². The van der Waals surface area contributed by atoms with Gasteiger partial charge in [0.2, 0.25) is 0 Å². The van der Waals surface area contributed by atoms with E-state index in [9.17, 15) is 17.6 Å². The van der Waals surface area contributed by atoms with E-state index in [0.29, 0.717) is 6.61 Å². The number of hydrogen-bond acceptors (Lipinski definition) is 1. The van der Waals surface area contributed by atoms with Crippen LogP contribution in [0.15, 0.2) is 12.2 Å². The molecule has 0 aromatic carbocycles. The molecule has 1 nitrogen and oxygen atoms in total. The topological polar surface area (TPSA) is 9.23 Å². The maximum atomic E-state index is 12.5. The molecule has 17 heavy (non-hydrogen) atoms. The molecule has 0 radical (unpaired) electrons. The fourth-order valence-electron chi connectivity index (χ4n) is 1.17. The van der Waals surface area contributed by atoms with E-state index < -0.39 is 18.8 Å². The summed E-state index contributed by atoms with van der Waals surface area (Å²) < 4.78 is 53.7. The van der Waals surface area contributed by atoms with E-state index >= 15 is 0 Å². The van der Waals surface area contributed by atoms with Crippen LogP contribution in [0.2, 0.25) is 0 Å². The van der Waals surface area contributed by atoms with Crippen LogP contribution in [0.1, 0.15) is 39.0 Å². The Hall–Kier alpha value is -0.580. The standard InChI is InChI=1S/C12H20F4O/c1-2-9-17-10-7-5-3-4-6-8-12(15,16)11(13)14/h3-4,11H,2,5-10H2,1H3/b4-3+.